The van der Waals surface area contributed by atoms with Crippen LogP contribution >= 0.6 is 11.8 Å². The Bertz CT molecular complexity index is 537. The van der Waals surface area contributed by atoms with Crippen molar-refractivity contribution in [3.8, 4) is 0 Å². The van der Waals surface area contributed by atoms with Crippen molar-refractivity contribution in [2.45, 2.75) is 6.54 Å². The van der Waals surface area contributed by atoms with Crippen LogP contribution in [0.25, 0.3) is 5.70 Å². The first kappa shape index (κ1) is 11.4. The summed E-state index contributed by atoms with van der Waals surface area (Å²) in [7, 11) is 0. The van der Waals surface area contributed by atoms with Gasteiger partial charge in [0.2, 0.25) is 0 Å². The van der Waals surface area contributed by atoms with Crippen molar-refractivity contribution in [1.82, 2.24) is 9.88 Å². The lowest BCUT2D eigenvalue weighted by molar-refractivity contribution is 0.462. The highest BCUT2D eigenvalue weighted by molar-refractivity contribution is 8.02. The zero-order valence-electron chi connectivity index (χ0n) is 9.99. The molecule has 0 bridgehead atoms. The molecule has 0 N–H and O–H groups in total. The summed E-state index contributed by atoms with van der Waals surface area (Å²) in [6.07, 6.45) is 1.85. The molecule has 0 amide bonds. The molecule has 90 valence electrons. The van der Waals surface area contributed by atoms with E-state index in [4.69, 9.17) is 0 Å². The normalized spacial score (nSPS) is 14.7. The maximum absolute atomic E-state index is 4.43. The van der Waals surface area contributed by atoms with Gasteiger partial charge in [-0.05, 0) is 23.1 Å². The summed E-state index contributed by atoms with van der Waals surface area (Å²) >= 11 is 1.83. The van der Waals surface area contributed by atoms with Crippen LogP contribution in [0.4, 0.5) is 0 Å². The average molecular weight is 254 g/mol. The topological polar surface area (TPSA) is 16.1 Å². The van der Waals surface area contributed by atoms with Gasteiger partial charge in [-0.25, -0.2) is 0 Å². The molecule has 3 rings (SSSR count). The Morgan fingerprint density at radius 2 is 1.89 bits per heavy atom. The summed E-state index contributed by atoms with van der Waals surface area (Å²) in [4.78, 5) is 6.79. The van der Waals surface area contributed by atoms with Crippen LogP contribution in [0.1, 0.15) is 11.3 Å². The first-order valence-electron chi connectivity index (χ1n) is 5.95. The molecule has 2 aromatic rings. The second-order valence-corrected chi connectivity index (χ2v) is 5.02. The smallest absolute Gasteiger partial charge is 0.0868 e. The summed E-state index contributed by atoms with van der Waals surface area (Å²) in [6, 6.07) is 16.6. The molecule has 0 atom stereocenters. The van der Waals surface area contributed by atoms with E-state index in [1.807, 2.05) is 30.1 Å². The minimum absolute atomic E-state index is 0.941. The van der Waals surface area contributed by atoms with Gasteiger partial charge in [0.05, 0.1) is 17.3 Å². The zero-order chi connectivity index (χ0) is 12.2. The van der Waals surface area contributed by atoms with Gasteiger partial charge in [-0.3, -0.25) is 4.98 Å². The highest BCUT2D eigenvalue weighted by Gasteiger charge is 2.17. The number of hydrogen-bond acceptors (Lipinski definition) is 3. The van der Waals surface area contributed by atoms with Gasteiger partial charge in [-0.2, -0.15) is 0 Å². The maximum Gasteiger partial charge on any atom is 0.0868 e. The monoisotopic (exact) mass is 254 g/mol. The Labute approximate surface area is 111 Å². The van der Waals surface area contributed by atoms with Gasteiger partial charge >= 0.3 is 0 Å². The third-order valence-electron chi connectivity index (χ3n) is 2.91. The molecule has 0 saturated carbocycles. The Kier molecular flexibility index (Phi) is 3.33. The van der Waals surface area contributed by atoms with Gasteiger partial charge in [-0.15, -0.1) is 11.8 Å². The molecule has 0 radical (unpaired) electrons. The summed E-state index contributed by atoms with van der Waals surface area (Å²) in [6.45, 7) is 0.941. The van der Waals surface area contributed by atoms with E-state index in [1.165, 1.54) is 11.3 Å². The highest BCUT2D eigenvalue weighted by Crippen LogP contribution is 2.31. The fourth-order valence-corrected chi connectivity index (χ4v) is 2.93. The van der Waals surface area contributed by atoms with Gasteiger partial charge in [0.25, 0.3) is 0 Å². The van der Waals surface area contributed by atoms with E-state index >= 15 is 0 Å². The molecular weight excluding hydrogens is 240 g/mol. The van der Waals surface area contributed by atoms with E-state index in [0.29, 0.717) is 0 Å². The second-order valence-electron chi connectivity index (χ2n) is 4.20. The predicted molar refractivity (Wildman–Crippen MR) is 76.7 cm³/mol. The SMILES string of the molecule is C1=C(c2ccccn2)N(Cc2ccccc2)CS1. The lowest BCUT2D eigenvalue weighted by atomic mass is 10.2. The fraction of sp³-hybridized carbons (Fsp3) is 0.133. The standard InChI is InChI=1S/C15H14N2S/c1-2-6-13(7-3-1)10-17-12-18-11-15(17)14-8-4-5-9-16-14/h1-9,11H,10,12H2. The van der Waals surface area contributed by atoms with Gasteiger partial charge in [0.1, 0.15) is 0 Å². The van der Waals surface area contributed by atoms with Crippen LogP contribution in [0.2, 0.25) is 0 Å². The summed E-state index contributed by atoms with van der Waals surface area (Å²) < 4.78 is 0. The Morgan fingerprint density at radius 3 is 2.67 bits per heavy atom. The molecular formula is C15H14N2S. The Balaban J connectivity index is 1.80. The van der Waals surface area contributed by atoms with Crippen LogP contribution in [-0.4, -0.2) is 15.8 Å². The summed E-state index contributed by atoms with van der Waals surface area (Å²) in [5.74, 6) is 1.00. The second kappa shape index (κ2) is 5.27. The predicted octanol–water partition coefficient (Wildman–Crippen LogP) is 3.59. The van der Waals surface area contributed by atoms with Crippen molar-refractivity contribution < 1.29 is 0 Å². The zero-order valence-corrected chi connectivity index (χ0v) is 10.8. The minimum atomic E-state index is 0.941. The van der Waals surface area contributed by atoms with Crippen molar-refractivity contribution in [3.05, 3.63) is 71.4 Å². The Hall–Kier alpha value is -1.74. The molecule has 0 aliphatic carbocycles. The summed E-state index contributed by atoms with van der Waals surface area (Å²) in [5, 5.41) is 2.20. The number of benzene rings is 1. The van der Waals surface area contributed by atoms with Crippen molar-refractivity contribution in [3.63, 3.8) is 0 Å². The first-order chi connectivity index (χ1) is 8.93. The lowest BCUT2D eigenvalue weighted by Crippen LogP contribution is -2.18. The van der Waals surface area contributed by atoms with Crippen molar-refractivity contribution in [1.29, 1.82) is 0 Å². The van der Waals surface area contributed by atoms with E-state index in [9.17, 15) is 0 Å². The first-order valence-corrected chi connectivity index (χ1v) is 7.00. The number of pyridine rings is 1. The number of nitrogens with zero attached hydrogens (tertiary/aromatic N) is 2. The van der Waals surface area contributed by atoms with E-state index in [2.05, 4.69) is 51.7 Å². The average Bonchev–Trinajstić information content (AvgIpc) is 2.89. The molecule has 0 fully saturated rings. The molecule has 1 aromatic heterocycles. The van der Waals surface area contributed by atoms with Crippen molar-refractivity contribution >= 4 is 17.5 Å². The number of aromatic nitrogens is 1. The third-order valence-corrected chi connectivity index (χ3v) is 3.76. The maximum atomic E-state index is 4.43. The molecule has 1 aromatic carbocycles. The van der Waals surface area contributed by atoms with E-state index in [0.717, 1.165) is 18.1 Å². The van der Waals surface area contributed by atoms with Gasteiger partial charge in [0.15, 0.2) is 0 Å². The van der Waals surface area contributed by atoms with Gasteiger partial charge in [0, 0.05) is 12.7 Å². The van der Waals surface area contributed by atoms with Crippen LogP contribution in [0.15, 0.2) is 60.1 Å². The van der Waals surface area contributed by atoms with Crippen LogP contribution in [0.3, 0.4) is 0 Å². The molecule has 18 heavy (non-hydrogen) atoms. The van der Waals surface area contributed by atoms with Gasteiger partial charge < -0.3 is 4.90 Å². The summed E-state index contributed by atoms with van der Waals surface area (Å²) in [5.41, 5.74) is 3.62. The molecule has 0 spiro atoms. The van der Waals surface area contributed by atoms with Gasteiger partial charge in [-0.1, -0.05) is 36.4 Å². The quantitative estimate of drug-likeness (QED) is 0.832. The number of rotatable bonds is 3. The number of hydrogen-bond donors (Lipinski definition) is 0. The molecule has 0 unspecified atom stereocenters. The third kappa shape index (κ3) is 2.41. The van der Waals surface area contributed by atoms with Crippen molar-refractivity contribution in [2.24, 2.45) is 0 Å². The van der Waals surface area contributed by atoms with E-state index < -0.39 is 0 Å². The number of thioether (sulfide) groups is 1. The molecule has 2 heterocycles. The molecule has 2 nitrogen and oxygen atoms in total. The fourth-order valence-electron chi connectivity index (χ4n) is 2.02. The van der Waals surface area contributed by atoms with Crippen molar-refractivity contribution in [2.75, 3.05) is 5.88 Å². The Morgan fingerprint density at radius 1 is 1.06 bits per heavy atom. The molecule has 3 heteroatoms. The van der Waals surface area contributed by atoms with Crippen LogP contribution in [-0.2, 0) is 6.54 Å². The van der Waals surface area contributed by atoms with E-state index in [1.54, 1.807) is 0 Å². The minimum Gasteiger partial charge on any atom is -0.355 e. The van der Waals surface area contributed by atoms with Crippen LogP contribution in [0, 0.1) is 0 Å². The largest absolute Gasteiger partial charge is 0.355 e. The molecule has 0 saturated heterocycles. The highest BCUT2D eigenvalue weighted by atomic mass is 32.2. The van der Waals surface area contributed by atoms with E-state index in [-0.39, 0.29) is 0 Å². The van der Waals surface area contributed by atoms with Crippen LogP contribution < -0.4 is 0 Å². The molecule has 1 aliphatic rings. The van der Waals surface area contributed by atoms with Crippen LogP contribution in [0.5, 0.6) is 0 Å². The lowest BCUT2D eigenvalue weighted by Gasteiger charge is -2.21. The molecule has 1 aliphatic heterocycles.